The van der Waals surface area contributed by atoms with Crippen LogP contribution in [0.15, 0.2) is 9.98 Å². The Labute approximate surface area is 185 Å². The molecule has 0 aliphatic rings. The van der Waals surface area contributed by atoms with Crippen LogP contribution in [0.1, 0.15) is 94.9 Å². The van der Waals surface area contributed by atoms with Crippen molar-refractivity contribution in [2.45, 2.75) is 119 Å². The van der Waals surface area contributed by atoms with Crippen LogP contribution in [0.5, 0.6) is 0 Å². The van der Waals surface area contributed by atoms with Crippen LogP contribution < -0.4 is 0 Å². The molecule has 0 saturated heterocycles. The minimum atomic E-state index is 0. The average Bonchev–Trinajstić information content (AvgIpc) is 2.54. The molecular formula is C20H42Cu2N4. The molecule has 0 aliphatic carbocycles. The zero-order valence-electron chi connectivity index (χ0n) is 18.5. The van der Waals surface area contributed by atoms with Gasteiger partial charge < -0.3 is 20.6 Å². The van der Waals surface area contributed by atoms with Gasteiger partial charge in [0.25, 0.3) is 0 Å². The molecule has 0 radical (unpaired) electrons. The van der Waals surface area contributed by atoms with E-state index in [1.807, 2.05) is 13.8 Å². The second-order valence-electron chi connectivity index (χ2n) is 6.64. The van der Waals surface area contributed by atoms with Crippen LogP contribution in [-0.4, -0.2) is 35.8 Å². The molecule has 0 aromatic carbocycles. The van der Waals surface area contributed by atoms with Crippen molar-refractivity contribution < 1.29 is 34.1 Å². The van der Waals surface area contributed by atoms with Gasteiger partial charge in [0.05, 0.1) is 0 Å². The molecule has 0 aliphatic heterocycles. The van der Waals surface area contributed by atoms with Crippen LogP contribution in [-0.2, 0) is 34.1 Å². The topological polar surface area (TPSA) is 52.9 Å². The first-order valence-electron chi connectivity index (χ1n) is 9.70. The summed E-state index contributed by atoms with van der Waals surface area (Å²) in [4.78, 5) is 8.87. The van der Waals surface area contributed by atoms with Crippen molar-refractivity contribution in [2.75, 3.05) is 0 Å². The molecule has 4 atom stereocenters. The number of aliphatic imine (C=N–C) groups is 2. The fraction of sp³-hybridized carbons (Fsp3) is 0.900. The number of rotatable bonds is 8. The summed E-state index contributed by atoms with van der Waals surface area (Å²) in [6.07, 6.45) is 4.36. The molecule has 0 N–H and O–H groups in total. The zero-order valence-corrected chi connectivity index (χ0v) is 20.4. The zero-order chi connectivity index (χ0) is 19.1. The smallest absolute Gasteiger partial charge is 0.466 e. The fourth-order valence-corrected chi connectivity index (χ4v) is 1.71. The first-order chi connectivity index (χ1) is 11.2. The maximum absolute atomic E-state index is 4.43. The first-order valence-corrected chi connectivity index (χ1v) is 9.70. The van der Waals surface area contributed by atoms with Crippen molar-refractivity contribution >= 4 is 11.7 Å². The molecule has 0 saturated carbocycles. The van der Waals surface area contributed by atoms with Crippen molar-refractivity contribution in [1.82, 2.24) is 0 Å². The summed E-state index contributed by atoms with van der Waals surface area (Å²) in [5, 5.41) is 8.87. The Kier molecular flexibility index (Phi) is 27.5. The Bertz CT molecular complexity index is 326. The standard InChI is InChI=1S/2C10H21N2.2Cu/c2*1-6-8(3)11-10(5)12-9(4)7-2;;/h2*8-9H,6-7H2,1-5H3;;/q2*-1;2*+1/t2*8-,9+;;. The van der Waals surface area contributed by atoms with E-state index in [0.29, 0.717) is 24.2 Å². The van der Waals surface area contributed by atoms with E-state index in [1.165, 1.54) is 0 Å². The third-order valence-corrected chi connectivity index (χ3v) is 3.99. The molecule has 26 heavy (non-hydrogen) atoms. The van der Waals surface area contributed by atoms with Crippen molar-refractivity contribution in [1.29, 1.82) is 0 Å². The second-order valence-corrected chi connectivity index (χ2v) is 6.64. The number of nitrogens with zero attached hydrogens (tertiary/aromatic N) is 4. The summed E-state index contributed by atoms with van der Waals surface area (Å²) >= 11 is 0. The summed E-state index contributed by atoms with van der Waals surface area (Å²) in [5.74, 6) is 1.89. The SMILES string of the molecule is CC[C@@H](C)N=C(C)[N-][C@@H](C)CC.CC[C@@H](C)N=C(C)[N-][C@@H](C)CC.[Cu+].[Cu+]. The van der Waals surface area contributed by atoms with Crippen LogP contribution in [0.4, 0.5) is 0 Å². The molecule has 4 nitrogen and oxygen atoms in total. The molecule has 164 valence electrons. The largest absolute Gasteiger partial charge is 1.00 e. The summed E-state index contributed by atoms with van der Waals surface area (Å²) in [6.45, 7) is 21.0. The third kappa shape index (κ3) is 22.0. The van der Waals surface area contributed by atoms with Crippen LogP contribution in [0.3, 0.4) is 0 Å². The van der Waals surface area contributed by atoms with Gasteiger partial charge in [0, 0.05) is 0 Å². The maximum Gasteiger partial charge on any atom is 1.00 e. The van der Waals surface area contributed by atoms with Crippen LogP contribution in [0.2, 0.25) is 0 Å². The van der Waals surface area contributed by atoms with Crippen LogP contribution >= 0.6 is 0 Å². The van der Waals surface area contributed by atoms with E-state index in [0.717, 1.165) is 37.4 Å². The van der Waals surface area contributed by atoms with Crippen molar-refractivity contribution in [2.24, 2.45) is 9.98 Å². The van der Waals surface area contributed by atoms with Gasteiger partial charge in [0.15, 0.2) is 0 Å². The second kappa shape index (κ2) is 21.3. The maximum atomic E-state index is 4.43. The molecule has 0 bridgehead atoms. The molecule has 0 amide bonds. The average molecular weight is 466 g/mol. The molecule has 0 spiro atoms. The van der Waals surface area contributed by atoms with E-state index in [2.05, 4.69) is 76.0 Å². The van der Waals surface area contributed by atoms with Gasteiger partial charge in [-0.25, -0.2) is 0 Å². The van der Waals surface area contributed by atoms with Crippen LogP contribution in [0, 0.1) is 0 Å². The minimum absolute atomic E-state index is 0. The van der Waals surface area contributed by atoms with Gasteiger partial charge in [-0.15, -0.1) is 0 Å². The van der Waals surface area contributed by atoms with Crippen molar-refractivity contribution in [3.05, 3.63) is 10.6 Å². The van der Waals surface area contributed by atoms with Gasteiger partial charge in [-0.05, 0) is 38.0 Å². The first kappa shape index (κ1) is 33.6. The number of hydrogen-bond donors (Lipinski definition) is 0. The Morgan fingerprint density at radius 2 is 0.885 bits per heavy atom. The quantitative estimate of drug-likeness (QED) is 0.216. The molecule has 0 heterocycles. The minimum Gasteiger partial charge on any atom is -0.466 e. The van der Waals surface area contributed by atoms with Crippen molar-refractivity contribution in [3.63, 3.8) is 0 Å². The summed E-state index contributed by atoms with van der Waals surface area (Å²) in [7, 11) is 0. The molecule has 0 aromatic rings. The number of amidine groups is 2. The Morgan fingerprint density at radius 1 is 0.615 bits per heavy atom. The predicted molar refractivity (Wildman–Crippen MR) is 112 cm³/mol. The van der Waals surface area contributed by atoms with Gasteiger partial charge >= 0.3 is 34.1 Å². The van der Waals surface area contributed by atoms with Crippen molar-refractivity contribution in [3.8, 4) is 0 Å². The summed E-state index contributed by atoms with van der Waals surface area (Å²) in [6, 6.07) is 1.66. The Morgan fingerprint density at radius 3 is 1.08 bits per heavy atom. The summed E-state index contributed by atoms with van der Waals surface area (Å²) in [5.41, 5.74) is 0. The Balaban J connectivity index is -0.000000173. The predicted octanol–water partition coefficient (Wildman–Crippen LogP) is 6.75. The molecule has 0 fully saturated rings. The molecule has 6 heteroatoms. The van der Waals surface area contributed by atoms with E-state index in [4.69, 9.17) is 0 Å². The number of hydrogen-bond acceptors (Lipinski definition) is 2. The summed E-state index contributed by atoms with van der Waals surface area (Å²) < 4.78 is 0. The van der Waals surface area contributed by atoms with Gasteiger partial charge in [-0.2, -0.15) is 0 Å². The monoisotopic (exact) mass is 464 g/mol. The van der Waals surface area contributed by atoms with Crippen LogP contribution in [0.25, 0.3) is 10.6 Å². The van der Waals surface area contributed by atoms with E-state index in [1.54, 1.807) is 0 Å². The normalized spacial score (nSPS) is 15.9. The van der Waals surface area contributed by atoms with E-state index < -0.39 is 0 Å². The molecule has 0 aromatic heterocycles. The van der Waals surface area contributed by atoms with E-state index in [9.17, 15) is 0 Å². The van der Waals surface area contributed by atoms with E-state index in [-0.39, 0.29) is 34.1 Å². The van der Waals surface area contributed by atoms with E-state index >= 15 is 0 Å². The fourth-order valence-electron chi connectivity index (χ4n) is 1.71. The molecular weight excluding hydrogens is 423 g/mol. The van der Waals surface area contributed by atoms with Gasteiger partial charge in [0.1, 0.15) is 0 Å². The van der Waals surface area contributed by atoms with Gasteiger partial charge in [0.2, 0.25) is 0 Å². The third-order valence-electron chi connectivity index (χ3n) is 3.99. The molecule has 0 unspecified atom stereocenters. The molecule has 0 rings (SSSR count). The van der Waals surface area contributed by atoms with Gasteiger partial charge in [-0.3, -0.25) is 0 Å². The van der Waals surface area contributed by atoms with Gasteiger partial charge in [-0.1, -0.05) is 92.7 Å². The Hall–Kier alpha value is -0.0210.